The molecule has 0 aliphatic heterocycles. The van der Waals surface area contributed by atoms with Crippen molar-refractivity contribution < 1.29 is 22.7 Å². The van der Waals surface area contributed by atoms with Crippen LogP contribution in [0.4, 0.5) is 5.69 Å². The first kappa shape index (κ1) is 19.1. The molecular formula is C15H22N2O5S. The zero-order valence-corrected chi connectivity index (χ0v) is 14.1. The SMILES string of the molecule is COCCOCCNC(=O)/C=C/c1ccc(NS(C)(=O)=O)cc1. The first-order valence-electron chi connectivity index (χ1n) is 7.01. The maximum absolute atomic E-state index is 11.6. The van der Waals surface area contributed by atoms with E-state index < -0.39 is 10.0 Å². The van der Waals surface area contributed by atoms with Gasteiger partial charge in [-0.3, -0.25) is 9.52 Å². The van der Waals surface area contributed by atoms with Crippen molar-refractivity contribution in [2.24, 2.45) is 0 Å². The largest absolute Gasteiger partial charge is 0.382 e. The second kappa shape index (κ2) is 9.98. The molecule has 0 saturated heterocycles. The molecule has 0 radical (unpaired) electrons. The summed E-state index contributed by atoms with van der Waals surface area (Å²) in [7, 11) is -1.69. The first-order chi connectivity index (χ1) is 10.9. The predicted molar refractivity (Wildman–Crippen MR) is 89.6 cm³/mol. The van der Waals surface area contributed by atoms with Gasteiger partial charge < -0.3 is 14.8 Å². The van der Waals surface area contributed by atoms with Gasteiger partial charge in [0.05, 0.1) is 26.1 Å². The molecule has 8 heteroatoms. The molecule has 2 N–H and O–H groups in total. The van der Waals surface area contributed by atoms with Crippen LogP contribution in [-0.4, -0.2) is 54.1 Å². The lowest BCUT2D eigenvalue weighted by Crippen LogP contribution is -2.25. The summed E-state index contributed by atoms with van der Waals surface area (Å²) in [6.45, 7) is 1.87. The third-order valence-electron chi connectivity index (χ3n) is 2.62. The molecule has 0 fully saturated rings. The molecule has 1 aromatic rings. The lowest BCUT2D eigenvalue weighted by molar-refractivity contribution is -0.116. The van der Waals surface area contributed by atoms with Crippen molar-refractivity contribution in [2.45, 2.75) is 0 Å². The molecule has 128 valence electrons. The summed E-state index contributed by atoms with van der Waals surface area (Å²) in [6, 6.07) is 6.68. The molecule has 1 rings (SSSR count). The van der Waals surface area contributed by atoms with E-state index in [0.717, 1.165) is 11.8 Å². The van der Waals surface area contributed by atoms with E-state index >= 15 is 0 Å². The number of methoxy groups -OCH3 is 1. The number of rotatable bonds is 10. The third-order valence-corrected chi connectivity index (χ3v) is 3.23. The molecule has 1 aromatic carbocycles. The molecule has 0 atom stereocenters. The van der Waals surface area contributed by atoms with Gasteiger partial charge in [0.25, 0.3) is 0 Å². The van der Waals surface area contributed by atoms with Crippen molar-refractivity contribution in [1.82, 2.24) is 5.32 Å². The zero-order chi connectivity index (χ0) is 17.1. The van der Waals surface area contributed by atoms with Crippen LogP contribution in [0, 0.1) is 0 Å². The second-order valence-electron chi connectivity index (χ2n) is 4.73. The standard InChI is InChI=1S/C15H22N2O5S/c1-21-11-12-22-10-9-16-15(18)8-5-13-3-6-14(7-4-13)17-23(2,19)20/h3-8,17H,9-12H2,1-2H3,(H,16,18)/b8-5+. The highest BCUT2D eigenvalue weighted by atomic mass is 32.2. The van der Waals surface area contributed by atoms with E-state index in [9.17, 15) is 13.2 Å². The van der Waals surface area contributed by atoms with Crippen molar-refractivity contribution in [1.29, 1.82) is 0 Å². The fourth-order valence-electron chi connectivity index (χ4n) is 1.60. The number of hydrogen-bond donors (Lipinski definition) is 2. The maximum atomic E-state index is 11.6. The Kier molecular flexibility index (Phi) is 8.31. The second-order valence-corrected chi connectivity index (χ2v) is 6.47. The minimum absolute atomic E-state index is 0.223. The Morgan fingerprint density at radius 2 is 1.87 bits per heavy atom. The van der Waals surface area contributed by atoms with Crippen LogP contribution in [0.15, 0.2) is 30.3 Å². The van der Waals surface area contributed by atoms with Crippen LogP contribution in [0.2, 0.25) is 0 Å². The molecule has 0 bridgehead atoms. The molecule has 0 aliphatic carbocycles. The van der Waals surface area contributed by atoms with Crippen LogP contribution < -0.4 is 10.0 Å². The number of anilines is 1. The van der Waals surface area contributed by atoms with E-state index in [1.54, 1.807) is 37.5 Å². The number of sulfonamides is 1. The number of hydrogen-bond acceptors (Lipinski definition) is 5. The third kappa shape index (κ3) is 9.67. The van der Waals surface area contributed by atoms with Crippen molar-refractivity contribution in [2.75, 3.05) is 44.5 Å². The molecule has 7 nitrogen and oxygen atoms in total. The number of amides is 1. The van der Waals surface area contributed by atoms with Crippen molar-refractivity contribution in [3.05, 3.63) is 35.9 Å². The van der Waals surface area contributed by atoms with Crippen molar-refractivity contribution in [3.8, 4) is 0 Å². The highest BCUT2D eigenvalue weighted by Gasteiger charge is 2.01. The number of ether oxygens (including phenoxy) is 2. The van der Waals surface area contributed by atoms with Crippen LogP contribution in [-0.2, 0) is 24.3 Å². The average molecular weight is 342 g/mol. The van der Waals surface area contributed by atoms with Gasteiger partial charge in [-0.25, -0.2) is 8.42 Å². The van der Waals surface area contributed by atoms with Gasteiger partial charge in [-0.1, -0.05) is 12.1 Å². The monoisotopic (exact) mass is 342 g/mol. The van der Waals surface area contributed by atoms with E-state index in [0.29, 0.717) is 32.1 Å². The summed E-state index contributed by atoms with van der Waals surface area (Å²) in [6.07, 6.45) is 4.14. The molecule has 0 saturated carbocycles. The Morgan fingerprint density at radius 1 is 1.17 bits per heavy atom. The molecule has 0 heterocycles. The van der Waals surface area contributed by atoms with E-state index in [-0.39, 0.29) is 5.91 Å². The van der Waals surface area contributed by atoms with Gasteiger partial charge in [0.2, 0.25) is 15.9 Å². The summed E-state index contributed by atoms with van der Waals surface area (Å²) < 4.78 is 34.6. The van der Waals surface area contributed by atoms with Crippen molar-refractivity contribution in [3.63, 3.8) is 0 Å². The van der Waals surface area contributed by atoms with Crippen molar-refractivity contribution >= 4 is 27.7 Å². The molecular weight excluding hydrogens is 320 g/mol. The van der Waals surface area contributed by atoms with E-state index in [4.69, 9.17) is 9.47 Å². The lowest BCUT2D eigenvalue weighted by Gasteiger charge is -2.04. The quantitative estimate of drug-likeness (QED) is 0.486. The fourth-order valence-corrected chi connectivity index (χ4v) is 2.16. The first-order valence-corrected chi connectivity index (χ1v) is 8.90. The fraction of sp³-hybridized carbons (Fsp3) is 0.400. The highest BCUT2D eigenvalue weighted by molar-refractivity contribution is 7.92. The van der Waals surface area contributed by atoms with Crippen LogP contribution >= 0.6 is 0 Å². The predicted octanol–water partition coefficient (Wildman–Crippen LogP) is 0.850. The van der Waals surface area contributed by atoms with Crippen LogP contribution in [0.1, 0.15) is 5.56 Å². The summed E-state index contributed by atoms with van der Waals surface area (Å²) in [5.41, 5.74) is 1.26. The molecule has 0 unspecified atom stereocenters. The topological polar surface area (TPSA) is 93.7 Å². The minimum Gasteiger partial charge on any atom is -0.382 e. The molecule has 0 spiro atoms. The summed E-state index contributed by atoms with van der Waals surface area (Å²) in [5.74, 6) is -0.223. The summed E-state index contributed by atoms with van der Waals surface area (Å²) in [5, 5.41) is 2.69. The number of nitrogens with one attached hydrogen (secondary N) is 2. The Hall–Kier alpha value is -1.90. The number of benzene rings is 1. The van der Waals surface area contributed by atoms with Gasteiger partial charge in [0, 0.05) is 25.4 Å². The smallest absolute Gasteiger partial charge is 0.244 e. The van der Waals surface area contributed by atoms with Gasteiger partial charge in [-0.15, -0.1) is 0 Å². The Morgan fingerprint density at radius 3 is 2.48 bits per heavy atom. The molecule has 0 aliphatic rings. The Bertz CT molecular complexity index is 611. The van der Waals surface area contributed by atoms with Gasteiger partial charge in [-0.05, 0) is 23.8 Å². The molecule has 23 heavy (non-hydrogen) atoms. The van der Waals surface area contributed by atoms with Gasteiger partial charge in [-0.2, -0.15) is 0 Å². The number of carbonyl (C=O) groups excluding carboxylic acids is 1. The molecule has 0 aromatic heterocycles. The van der Waals surface area contributed by atoms with E-state index in [1.807, 2.05) is 0 Å². The zero-order valence-electron chi connectivity index (χ0n) is 13.2. The van der Waals surface area contributed by atoms with Gasteiger partial charge in [0.1, 0.15) is 0 Å². The van der Waals surface area contributed by atoms with Crippen LogP contribution in [0.5, 0.6) is 0 Å². The number of carbonyl (C=O) groups is 1. The van der Waals surface area contributed by atoms with E-state index in [2.05, 4.69) is 10.0 Å². The Balaban J connectivity index is 2.34. The summed E-state index contributed by atoms with van der Waals surface area (Å²) >= 11 is 0. The lowest BCUT2D eigenvalue weighted by atomic mass is 10.2. The average Bonchev–Trinajstić information content (AvgIpc) is 2.48. The Labute approximate surface area is 136 Å². The van der Waals surface area contributed by atoms with Crippen LogP contribution in [0.3, 0.4) is 0 Å². The maximum Gasteiger partial charge on any atom is 0.244 e. The normalized spacial score (nSPS) is 11.6. The van der Waals surface area contributed by atoms with Gasteiger partial charge in [0.15, 0.2) is 0 Å². The summed E-state index contributed by atoms with van der Waals surface area (Å²) in [4.78, 5) is 11.6. The minimum atomic E-state index is -3.29. The molecule has 1 amide bonds. The highest BCUT2D eigenvalue weighted by Crippen LogP contribution is 2.11. The van der Waals surface area contributed by atoms with E-state index in [1.165, 1.54) is 6.08 Å². The van der Waals surface area contributed by atoms with Gasteiger partial charge >= 0.3 is 0 Å². The van der Waals surface area contributed by atoms with Crippen LogP contribution in [0.25, 0.3) is 6.08 Å².